The Morgan fingerprint density at radius 3 is 2.15 bits per heavy atom. The van der Waals surface area contributed by atoms with E-state index in [4.69, 9.17) is 4.74 Å². The van der Waals surface area contributed by atoms with Gasteiger partial charge in [0.25, 0.3) is 0 Å². The molecule has 1 atom stereocenters. The van der Waals surface area contributed by atoms with E-state index >= 15 is 0 Å². The van der Waals surface area contributed by atoms with Crippen molar-refractivity contribution in [3.05, 3.63) is 48.5 Å². The number of thioether (sulfide) groups is 1. The van der Waals surface area contributed by atoms with E-state index in [0.717, 1.165) is 34.9 Å². The molecule has 0 aromatic heterocycles. The fourth-order valence-corrected chi connectivity index (χ4v) is 3.25. The standard InChI is InChI=1S/C20H22N2O3S/c1-13(19(23)21-15-5-9-17(25-2)10-6-15)26-18-11-7-16(8-12-18)22-20(24)14-3-4-14/h5-14H,3-4H2,1-2H3,(H,21,23)(H,22,24). The van der Waals surface area contributed by atoms with Gasteiger partial charge in [0.1, 0.15) is 5.75 Å². The first-order valence-corrected chi connectivity index (χ1v) is 9.45. The third-order valence-corrected chi connectivity index (χ3v) is 5.22. The smallest absolute Gasteiger partial charge is 0.237 e. The van der Waals surface area contributed by atoms with Crippen LogP contribution in [0.15, 0.2) is 53.4 Å². The lowest BCUT2D eigenvalue weighted by Gasteiger charge is -2.13. The number of anilines is 2. The van der Waals surface area contributed by atoms with Crippen molar-refractivity contribution in [2.45, 2.75) is 29.9 Å². The lowest BCUT2D eigenvalue weighted by atomic mass is 10.3. The Bertz CT molecular complexity index is 771. The van der Waals surface area contributed by atoms with Gasteiger partial charge in [-0.2, -0.15) is 0 Å². The van der Waals surface area contributed by atoms with Crippen molar-refractivity contribution >= 4 is 35.0 Å². The maximum Gasteiger partial charge on any atom is 0.237 e. The molecule has 26 heavy (non-hydrogen) atoms. The average molecular weight is 370 g/mol. The van der Waals surface area contributed by atoms with Gasteiger partial charge in [-0.3, -0.25) is 9.59 Å². The van der Waals surface area contributed by atoms with Crippen LogP contribution in [0.3, 0.4) is 0 Å². The van der Waals surface area contributed by atoms with Crippen LogP contribution in [0.2, 0.25) is 0 Å². The molecule has 2 aromatic carbocycles. The Hall–Kier alpha value is -2.47. The summed E-state index contributed by atoms with van der Waals surface area (Å²) in [4.78, 5) is 25.1. The number of methoxy groups -OCH3 is 1. The molecular formula is C20H22N2O3S. The Labute approximate surface area is 157 Å². The molecule has 0 bridgehead atoms. The molecule has 6 heteroatoms. The molecule has 0 radical (unpaired) electrons. The number of hydrogen-bond donors (Lipinski definition) is 2. The van der Waals surface area contributed by atoms with Crippen LogP contribution in [-0.2, 0) is 9.59 Å². The lowest BCUT2D eigenvalue weighted by Crippen LogP contribution is -2.22. The molecule has 5 nitrogen and oxygen atoms in total. The van der Waals surface area contributed by atoms with Crippen LogP contribution in [0.25, 0.3) is 0 Å². The summed E-state index contributed by atoms with van der Waals surface area (Å²) in [6, 6.07) is 14.8. The SMILES string of the molecule is COc1ccc(NC(=O)C(C)Sc2ccc(NC(=O)C3CC3)cc2)cc1. The monoisotopic (exact) mass is 370 g/mol. The van der Waals surface area contributed by atoms with Gasteiger partial charge in [0, 0.05) is 22.2 Å². The van der Waals surface area contributed by atoms with Crippen LogP contribution in [0.4, 0.5) is 11.4 Å². The minimum atomic E-state index is -0.246. The summed E-state index contributed by atoms with van der Waals surface area (Å²) in [7, 11) is 1.61. The average Bonchev–Trinajstić information content (AvgIpc) is 3.49. The highest BCUT2D eigenvalue weighted by molar-refractivity contribution is 8.00. The quantitative estimate of drug-likeness (QED) is 0.718. The zero-order valence-electron chi connectivity index (χ0n) is 14.8. The van der Waals surface area contributed by atoms with Crippen LogP contribution < -0.4 is 15.4 Å². The predicted octanol–water partition coefficient (Wildman–Crippen LogP) is 4.16. The third-order valence-electron chi connectivity index (χ3n) is 4.11. The second kappa shape index (κ2) is 8.27. The first-order valence-electron chi connectivity index (χ1n) is 8.57. The topological polar surface area (TPSA) is 67.4 Å². The van der Waals surface area contributed by atoms with Gasteiger partial charge in [0.2, 0.25) is 11.8 Å². The molecule has 0 saturated heterocycles. The van der Waals surface area contributed by atoms with Crippen LogP contribution in [0.1, 0.15) is 19.8 Å². The molecule has 136 valence electrons. The summed E-state index contributed by atoms with van der Waals surface area (Å²) < 4.78 is 5.11. The highest BCUT2D eigenvalue weighted by atomic mass is 32.2. The molecule has 1 fully saturated rings. The van der Waals surface area contributed by atoms with Crippen molar-refractivity contribution in [1.82, 2.24) is 0 Å². The Morgan fingerprint density at radius 2 is 1.58 bits per heavy atom. The third kappa shape index (κ3) is 5.02. The molecule has 2 aromatic rings. The normalized spacial score (nSPS) is 14.4. The Morgan fingerprint density at radius 1 is 1.00 bits per heavy atom. The molecule has 2 amide bonds. The zero-order valence-corrected chi connectivity index (χ0v) is 15.6. The van der Waals surface area contributed by atoms with Crippen LogP contribution in [0.5, 0.6) is 5.75 Å². The number of nitrogens with one attached hydrogen (secondary N) is 2. The first kappa shape index (κ1) is 18.3. The van der Waals surface area contributed by atoms with Crippen LogP contribution in [0, 0.1) is 5.92 Å². The molecule has 2 N–H and O–H groups in total. The molecule has 1 aliphatic carbocycles. The molecular weight excluding hydrogens is 348 g/mol. The van der Waals surface area contributed by atoms with E-state index in [2.05, 4.69) is 10.6 Å². The highest BCUT2D eigenvalue weighted by Gasteiger charge is 2.29. The van der Waals surface area contributed by atoms with Gasteiger partial charge < -0.3 is 15.4 Å². The Kier molecular flexibility index (Phi) is 5.83. The second-order valence-corrected chi connectivity index (χ2v) is 7.68. The fraction of sp³-hybridized carbons (Fsp3) is 0.300. The number of amides is 2. The van der Waals surface area contributed by atoms with E-state index in [1.807, 2.05) is 55.5 Å². The summed E-state index contributed by atoms with van der Waals surface area (Å²) in [6.45, 7) is 1.87. The number of ether oxygens (including phenoxy) is 1. The second-order valence-electron chi connectivity index (χ2n) is 6.27. The van der Waals surface area contributed by atoms with E-state index < -0.39 is 0 Å². The highest BCUT2D eigenvalue weighted by Crippen LogP contribution is 2.31. The minimum Gasteiger partial charge on any atom is -0.497 e. The van der Waals surface area contributed by atoms with E-state index in [-0.39, 0.29) is 23.0 Å². The number of carbonyl (C=O) groups is 2. The van der Waals surface area contributed by atoms with Crippen molar-refractivity contribution in [2.24, 2.45) is 5.92 Å². The number of rotatable bonds is 7. The van der Waals surface area contributed by atoms with Gasteiger partial charge in [0.15, 0.2) is 0 Å². The molecule has 1 saturated carbocycles. The molecule has 0 spiro atoms. The maximum atomic E-state index is 12.3. The van der Waals surface area contributed by atoms with E-state index in [9.17, 15) is 9.59 Å². The summed E-state index contributed by atoms with van der Waals surface area (Å²) in [6.07, 6.45) is 1.97. The molecule has 1 aliphatic rings. The van der Waals surface area contributed by atoms with E-state index in [0.29, 0.717) is 0 Å². The zero-order chi connectivity index (χ0) is 18.5. The van der Waals surface area contributed by atoms with Gasteiger partial charge in [-0.1, -0.05) is 0 Å². The van der Waals surface area contributed by atoms with E-state index in [1.165, 1.54) is 11.8 Å². The van der Waals surface area contributed by atoms with Crippen LogP contribution >= 0.6 is 11.8 Å². The summed E-state index contributed by atoms with van der Waals surface area (Å²) >= 11 is 1.48. The van der Waals surface area contributed by atoms with Gasteiger partial charge in [-0.15, -0.1) is 11.8 Å². The van der Waals surface area contributed by atoms with Crippen molar-refractivity contribution < 1.29 is 14.3 Å². The maximum absolute atomic E-state index is 12.3. The molecule has 0 heterocycles. The van der Waals surface area contributed by atoms with E-state index in [1.54, 1.807) is 7.11 Å². The fourth-order valence-electron chi connectivity index (χ4n) is 2.38. The van der Waals surface area contributed by atoms with Crippen molar-refractivity contribution in [1.29, 1.82) is 0 Å². The lowest BCUT2D eigenvalue weighted by molar-refractivity contribution is -0.117. The van der Waals surface area contributed by atoms with Gasteiger partial charge in [0.05, 0.1) is 12.4 Å². The largest absolute Gasteiger partial charge is 0.497 e. The summed E-state index contributed by atoms with van der Waals surface area (Å²) in [5.41, 5.74) is 1.53. The molecule has 3 rings (SSSR count). The number of hydrogen-bond acceptors (Lipinski definition) is 4. The van der Waals surface area contributed by atoms with Crippen LogP contribution in [-0.4, -0.2) is 24.2 Å². The van der Waals surface area contributed by atoms with Crippen molar-refractivity contribution in [3.8, 4) is 5.75 Å². The molecule has 1 unspecified atom stereocenters. The molecule has 0 aliphatic heterocycles. The van der Waals surface area contributed by atoms with Crippen molar-refractivity contribution in [3.63, 3.8) is 0 Å². The first-order chi connectivity index (χ1) is 12.5. The van der Waals surface area contributed by atoms with Gasteiger partial charge in [-0.25, -0.2) is 0 Å². The summed E-state index contributed by atoms with van der Waals surface area (Å²) in [5.74, 6) is 0.967. The minimum absolute atomic E-state index is 0.0636. The van der Waals surface area contributed by atoms with Gasteiger partial charge >= 0.3 is 0 Å². The van der Waals surface area contributed by atoms with Crippen molar-refractivity contribution in [2.75, 3.05) is 17.7 Å². The predicted molar refractivity (Wildman–Crippen MR) is 105 cm³/mol. The Balaban J connectivity index is 1.51. The summed E-state index contributed by atoms with van der Waals surface area (Å²) in [5, 5.41) is 5.56. The number of carbonyl (C=O) groups excluding carboxylic acids is 2. The number of benzene rings is 2. The van der Waals surface area contributed by atoms with Gasteiger partial charge in [-0.05, 0) is 68.3 Å².